The van der Waals surface area contributed by atoms with Crippen molar-refractivity contribution in [1.29, 1.82) is 0 Å². The van der Waals surface area contributed by atoms with E-state index in [0.29, 0.717) is 5.92 Å². The van der Waals surface area contributed by atoms with Crippen molar-refractivity contribution in [3.05, 3.63) is 33.5 Å². The molecule has 5 rings (SSSR count). The molecular formula is C18H19N3OS. The molecular weight excluding hydrogens is 306 g/mol. The molecule has 0 atom stereocenters. The third kappa shape index (κ3) is 1.99. The predicted molar refractivity (Wildman–Crippen MR) is 93.4 cm³/mol. The number of pyridine rings is 1. The van der Waals surface area contributed by atoms with Crippen molar-refractivity contribution < 1.29 is 0 Å². The van der Waals surface area contributed by atoms with Crippen LogP contribution in [0.4, 0.5) is 0 Å². The molecule has 1 N–H and O–H groups in total. The highest BCUT2D eigenvalue weighted by Gasteiger charge is 2.28. The molecule has 3 aromatic rings. The fourth-order valence-corrected chi connectivity index (χ4v) is 5.51. The Morgan fingerprint density at radius 2 is 1.91 bits per heavy atom. The van der Waals surface area contributed by atoms with Gasteiger partial charge in [-0.2, -0.15) is 0 Å². The quantitative estimate of drug-likeness (QED) is 0.733. The van der Waals surface area contributed by atoms with E-state index in [4.69, 9.17) is 4.98 Å². The number of nitrogens with one attached hydrogen (secondary N) is 1. The van der Waals surface area contributed by atoms with Crippen LogP contribution < -0.4 is 5.56 Å². The molecule has 0 amide bonds. The van der Waals surface area contributed by atoms with Crippen molar-refractivity contribution in [2.45, 2.75) is 57.3 Å². The van der Waals surface area contributed by atoms with E-state index in [0.717, 1.165) is 33.3 Å². The van der Waals surface area contributed by atoms with Gasteiger partial charge in [0, 0.05) is 17.0 Å². The Kier molecular flexibility index (Phi) is 3.05. The van der Waals surface area contributed by atoms with Crippen molar-refractivity contribution in [2.24, 2.45) is 0 Å². The maximum absolute atomic E-state index is 12.1. The summed E-state index contributed by atoms with van der Waals surface area (Å²) in [5.74, 6) is 0.622. The second-order valence-electron chi connectivity index (χ2n) is 6.83. The highest BCUT2D eigenvalue weighted by atomic mass is 32.1. The molecule has 118 valence electrons. The fraction of sp³-hybridized carbons (Fsp3) is 0.500. The maximum atomic E-state index is 12.1. The highest BCUT2D eigenvalue weighted by Crippen LogP contribution is 2.42. The van der Waals surface area contributed by atoms with Gasteiger partial charge in [-0.15, -0.1) is 11.3 Å². The van der Waals surface area contributed by atoms with Gasteiger partial charge < -0.3 is 4.98 Å². The topological polar surface area (TPSA) is 58.6 Å². The summed E-state index contributed by atoms with van der Waals surface area (Å²) in [6, 6.07) is 0. The van der Waals surface area contributed by atoms with Gasteiger partial charge >= 0.3 is 0 Å². The number of nitrogens with zero attached hydrogens (tertiary/aromatic N) is 2. The van der Waals surface area contributed by atoms with Crippen LogP contribution in [-0.4, -0.2) is 15.0 Å². The molecule has 0 spiro atoms. The molecule has 3 aromatic heterocycles. The molecule has 5 heteroatoms. The molecule has 1 saturated carbocycles. The maximum Gasteiger partial charge on any atom is 0.268 e. The van der Waals surface area contributed by atoms with Crippen LogP contribution in [0.3, 0.4) is 0 Å². The molecule has 0 bridgehead atoms. The Morgan fingerprint density at radius 1 is 1.09 bits per heavy atom. The second kappa shape index (κ2) is 5.13. The van der Waals surface area contributed by atoms with E-state index in [9.17, 15) is 4.79 Å². The Bertz CT molecular complexity index is 966. The van der Waals surface area contributed by atoms with Crippen LogP contribution in [-0.2, 0) is 12.8 Å². The third-order valence-electron chi connectivity index (χ3n) is 5.50. The monoisotopic (exact) mass is 325 g/mol. The smallest absolute Gasteiger partial charge is 0.268 e. The lowest BCUT2D eigenvalue weighted by atomic mass is 9.84. The van der Waals surface area contributed by atoms with E-state index in [2.05, 4.69) is 9.97 Å². The predicted octanol–water partition coefficient (Wildman–Crippen LogP) is 4.07. The first kappa shape index (κ1) is 13.7. The fourth-order valence-electron chi connectivity index (χ4n) is 4.45. The third-order valence-corrected chi connectivity index (χ3v) is 6.57. The first-order valence-corrected chi connectivity index (χ1v) is 9.46. The number of aryl methyl sites for hydroxylation is 1. The van der Waals surface area contributed by atoms with Gasteiger partial charge in [-0.05, 0) is 43.2 Å². The zero-order valence-electron chi connectivity index (χ0n) is 13.0. The molecule has 3 heterocycles. The molecule has 0 unspecified atom stereocenters. The van der Waals surface area contributed by atoms with Gasteiger partial charge in [0.1, 0.15) is 9.53 Å². The first-order chi connectivity index (χ1) is 11.3. The number of hydrogen-bond donors (Lipinski definition) is 1. The lowest BCUT2D eigenvalue weighted by molar-refractivity contribution is 0.435. The van der Waals surface area contributed by atoms with Crippen molar-refractivity contribution in [3.8, 4) is 0 Å². The SMILES string of the molecule is O=c1[nH]cnc2c1sc1nc(C3CCCCC3)c3c(c12)CCC3. The summed E-state index contributed by atoms with van der Waals surface area (Å²) in [6.45, 7) is 0. The zero-order valence-corrected chi connectivity index (χ0v) is 13.8. The van der Waals surface area contributed by atoms with Gasteiger partial charge in [-0.25, -0.2) is 9.97 Å². The number of H-pyrrole nitrogens is 1. The Balaban J connectivity index is 1.83. The number of rotatable bonds is 1. The number of fused-ring (bicyclic) bond motifs is 5. The van der Waals surface area contributed by atoms with Gasteiger partial charge in [0.2, 0.25) is 0 Å². The molecule has 2 aliphatic carbocycles. The number of thiophene rings is 1. The standard InChI is InChI=1S/C18H19N3OS/c22-17-16-15(19-9-20-17)13-11-7-4-8-12(11)14(21-18(13)23-16)10-5-2-1-3-6-10/h9-10H,1-8H2,(H,19,20,22). The molecule has 2 aliphatic rings. The summed E-state index contributed by atoms with van der Waals surface area (Å²) < 4.78 is 0.727. The van der Waals surface area contributed by atoms with Crippen LogP contribution in [0.5, 0.6) is 0 Å². The number of hydrogen-bond acceptors (Lipinski definition) is 4. The minimum atomic E-state index is -0.0380. The van der Waals surface area contributed by atoms with Crippen molar-refractivity contribution in [3.63, 3.8) is 0 Å². The lowest BCUT2D eigenvalue weighted by Gasteiger charge is -2.23. The van der Waals surface area contributed by atoms with Gasteiger partial charge in [0.15, 0.2) is 0 Å². The van der Waals surface area contributed by atoms with Crippen LogP contribution in [0, 0.1) is 0 Å². The lowest BCUT2D eigenvalue weighted by Crippen LogP contribution is -2.10. The molecule has 23 heavy (non-hydrogen) atoms. The van der Waals surface area contributed by atoms with Gasteiger partial charge in [0.05, 0.1) is 11.8 Å². The zero-order chi connectivity index (χ0) is 15.4. The van der Waals surface area contributed by atoms with E-state index in [-0.39, 0.29) is 5.56 Å². The van der Waals surface area contributed by atoms with E-state index < -0.39 is 0 Å². The van der Waals surface area contributed by atoms with Crippen LogP contribution in [0.1, 0.15) is 61.3 Å². The summed E-state index contributed by atoms with van der Waals surface area (Å²) in [5, 5.41) is 1.16. The average molecular weight is 325 g/mol. The van der Waals surface area contributed by atoms with Gasteiger partial charge in [-0.1, -0.05) is 19.3 Å². The Hall–Kier alpha value is -1.75. The van der Waals surface area contributed by atoms with Crippen molar-refractivity contribution in [2.75, 3.05) is 0 Å². The number of aromatic nitrogens is 3. The summed E-state index contributed by atoms with van der Waals surface area (Å²) in [4.78, 5) is 25.4. The van der Waals surface area contributed by atoms with Crippen LogP contribution >= 0.6 is 11.3 Å². The minimum Gasteiger partial charge on any atom is -0.312 e. The molecule has 0 aromatic carbocycles. The van der Waals surface area contributed by atoms with Crippen molar-refractivity contribution in [1.82, 2.24) is 15.0 Å². The summed E-state index contributed by atoms with van der Waals surface area (Å²) in [7, 11) is 0. The summed E-state index contributed by atoms with van der Waals surface area (Å²) in [5.41, 5.74) is 5.07. The largest absolute Gasteiger partial charge is 0.312 e. The van der Waals surface area contributed by atoms with Gasteiger partial charge in [-0.3, -0.25) is 4.79 Å². The molecule has 1 fully saturated rings. The first-order valence-electron chi connectivity index (χ1n) is 8.64. The van der Waals surface area contributed by atoms with E-state index in [1.807, 2.05) is 0 Å². The highest BCUT2D eigenvalue weighted by molar-refractivity contribution is 7.25. The van der Waals surface area contributed by atoms with Crippen LogP contribution in [0.25, 0.3) is 20.4 Å². The minimum absolute atomic E-state index is 0.0380. The van der Waals surface area contributed by atoms with Crippen LogP contribution in [0.2, 0.25) is 0 Å². The molecule has 0 aliphatic heterocycles. The molecule has 0 saturated heterocycles. The number of aromatic amines is 1. The second-order valence-corrected chi connectivity index (χ2v) is 7.83. The average Bonchev–Trinajstić information content (AvgIpc) is 3.19. The Morgan fingerprint density at radius 3 is 2.78 bits per heavy atom. The summed E-state index contributed by atoms with van der Waals surface area (Å²) >= 11 is 1.52. The van der Waals surface area contributed by atoms with Gasteiger partial charge in [0.25, 0.3) is 5.56 Å². The Labute approximate surface area is 138 Å². The van der Waals surface area contributed by atoms with Crippen LogP contribution in [0.15, 0.2) is 11.1 Å². The van der Waals surface area contributed by atoms with E-state index in [1.165, 1.54) is 73.0 Å². The molecule has 4 nitrogen and oxygen atoms in total. The summed E-state index contributed by atoms with van der Waals surface area (Å²) in [6.07, 6.45) is 11.5. The van der Waals surface area contributed by atoms with E-state index in [1.54, 1.807) is 0 Å². The molecule has 0 radical (unpaired) electrons. The van der Waals surface area contributed by atoms with Crippen molar-refractivity contribution >= 4 is 31.8 Å². The van der Waals surface area contributed by atoms with E-state index >= 15 is 0 Å². The normalized spacial score (nSPS) is 18.8.